The highest BCUT2D eigenvalue weighted by Crippen LogP contribution is 2.33. The first-order valence-corrected chi connectivity index (χ1v) is 7.40. The number of pyridine rings is 1. The third-order valence-corrected chi connectivity index (χ3v) is 4.49. The van der Waals surface area contributed by atoms with Gasteiger partial charge in [0, 0.05) is 21.6 Å². The Kier molecular flexibility index (Phi) is 4.56. The highest BCUT2D eigenvalue weighted by molar-refractivity contribution is 9.10. The van der Waals surface area contributed by atoms with E-state index in [1.54, 1.807) is 17.5 Å². The van der Waals surface area contributed by atoms with Crippen LogP contribution < -0.4 is 5.32 Å². The van der Waals surface area contributed by atoms with Gasteiger partial charge in [-0.1, -0.05) is 18.5 Å². The van der Waals surface area contributed by atoms with E-state index < -0.39 is 0 Å². The molecule has 0 amide bonds. The number of hydrogen-bond acceptors (Lipinski definition) is 3. The Morgan fingerprint density at radius 2 is 2.35 bits per heavy atom. The average Bonchev–Trinajstić information content (AvgIpc) is 2.74. The second-order valence-corrected chi connectivity index (χ2v) is 5.54. The molecule has 1 N–H and O–H groups in total. The van der Waals surface area contributed by atoms with E-state index in [0.29, 0.717) is 5.02 Å². The molecule has 0 bridgehead atoms. The largest absolute Gasteiger partial charge is 0.305 e. The SMILES string of the molecule is CCNC(c1cscc1Br)c1ncccc1Cl. The number of halogens is 2. The highest BCUT2D eigenvalue weighted by atomic mass is 79.9. The van der Waals surface area contributed by atoms with E-state index in [0.717, 1.165) is 16.7 Å². The van der Waals surface area contributed by atoms with Crippen LogP contribution in [0.3, 0.4) is 0 Å². The first-order chi connectivity index (χ1) is 8.24. The van der Waals surface area contributed by atoms with Crippen LogP contribution in [0.15, 0.2) is 33.6 Å². The zero-order valence-electron chi connectivity index (χ0n) is 9.28. The summed E-state index contributed by atoms with van der Waals surface area (Å²) in [7, 11) is 0. The Morgan fingerprint density at radius 3 is 2.94 bits per heavy atom. The van der Waals surface area contributed by atoms with Gasteiger partial charge in [0.25, 0.3) is 0 Å². The van der Waals surface area contributed by atoms with Crippen LogP contribution >= 0.6 is 38.9 Å². The van der Waals surface area contributed by atoms with Gasteiger partial charge < -0.3 is 5.32 Å². The van der Waals surface area contributed by atoms with E-state index in [4.69, 9.17) is 11.6 Å². The Balaban J connectivity index is 2.43. The molecule has 0 aromatic carbocycles. The van der Waals surface area contributed by atoms with Crippen LogP contribution in [0.25, 0.3) is 0 Å². The molecule has 90 valence electrons. The van der Waals surface area contributed by atoms with Crippen molar-refractivity contribution in [1.82, 2.24) is 10.3 Å². The molecule has 0 radical (unpaired) electrons. The van der Waals surface area contributed by atoms with E-state index in [2.05, 4.69) is 43.9 Å². The summed E-state index contributed by atoms with van der Waals surface area (Å²) in [5.41, 5.74) is 2.05. The second-order valence-electron chi connectivity index (χ2n) is 3.54. The number of thiophene rings is 1. The fourth-order valence-electron chi connectivity index (χ4n) is 1.67. The predicted molar refractivity (Wildman–Crippen MR) is 76.8 cm³/mol. The molecule has 2 rings (SSSR count). The Morgan fingerprint density at radius 1 is 1.53 bits per heavy atom. The van der Waals surface area contributed by atoms with E-state index >= 15 is 0 Å². The van der Waals surface area contributed by atoms with Crippen LogP contribution in [0.4, 0.5) is 0 Å². The molecule has 2 aromatic rings. The summed E-state index contributed by atoms with van der Waals surface area (Å²) < 4.78 is 1.09. The first-order valence-electron chi connectivity index (χ1n) is 5.29. The molecule has 0 fully saturated rings. The molecule has 1 unspecified atom stereocenters. The minimum atomic E-state index is 0.0364. The van der Waals surface area contributed by atoms with Crippen molar-refractivity contribution in [3.05, 3.63) is 49.8 Å². The maximum atomic E-state index is 6.21. The minimum absolute atomic E-state index is 0.0364. The number of nitrogens with zero attached hydrogens (tertiary/aromatic N) is 1. The van der Waals surface area contributed by atoms with Gasteiger partial charge in [-0.3, -0.25) is 4.98 Å². The molecule has 0 aliphatic heterocycles. The lowest BCUT2D eigenvalue weighted by molar-refractivity contribution is 0.615. The predicted octanol–water partition coefficient (Wildman–Crippen LogP) is 4.26. The van der Waals surface area contributed by atoms with Gasteiger partial charge >= 0.3 is 0 Å². The van der Waals surface area contributed by atoms with Crippen molar-refractivity contribution in [2.75, 3.05) is 6.54 Å². The van der Waals surface area contributed by atoms with Gasteiger partial charge in [-0.15, -0.1) is 0 Å². The van der Waals surface area contributed by atoms with Gasteiger partial charge in [0.05, 0.1) is 16.8 Å². The summed E-state index contributed by atoms with van der Waals surface area (Å²) in [6, 6.07) is 3.75. The zero-order chi connectivity index (χ0) is 12.3. The molecule has 1 atom stereocenters. The maximum Gasteiger partial charge on any atom is 0.0805 e. The maximum absolute atomic E-state index is 6.21. The molecule has 0 saturated heterocycles. The number of rotatable bonds is 4. The van der Waals surface area contributed by atoms with E-state index in [9.17, 15) is 0 Å². The van der Waals surface area contributed by atoms with Gasteiger partial charge in [-0.05, 0) is 40.0 Å². The van der Waals surface area contributed by atoms with Crippen LogP contribution in [-0.4, -0.2) is 11.5 Å². The summed E-state index contributed by atoms with van der Waals surface area (Å²) in [5.74, 6) is 0. The van der Waals surface area contributed by atoms with E-state index in [-0.39, 0.29) is 6.04 Å². The molecule has 2 nitrogen and oxygen atoms in total. The lowest BCUT2D eigenvalue weighted by Gasteiger charge is -2.18. The number of aromatic nitrogens is 1. The zero-order valence-corrected chi connectivity index (χ0v) is 12.4. The second kappa shape index (κ2) is 5.96. The fourth-order valence-corrected chi connectivity index (χ4v) is 3.45. The molecular weight excluding hydrogens is 320 g/mol. The van der Waals surface area contributed by atoms with E-state index in [1.165, 1.54) is 5.56 Å². The molecule has 0 spiro atoms. The quantitative estimate of drug-likeness (QED) is 0.905. The van der Waals surface area contributed by atoms with Gasteiger partial charge in [0.1, 0.15) is 0 Å². The van der Waals surface area contributed by atoms with Crippen molar-refractivity contribution in [2.24, 2.45) is 0 Å². The van der Waals surface area contributed by atoms with E-state index in [1.807, 2.05) is 12.1 Å². The van der Waals surface area contributed by atoms with Crippen LogP contribution in [0, 0.1) is 0 Å². The van der Waals surface area contributed by atoms with Crippen LogP contribution in [0.5, 0.6) is 0 Å². The summed E-state index contributed by atoms with van der Waals surface area (Å²) in [4.78, 5) is 4.38. The first kappa shape index (κ1) is 13.0. The van der Waals surface area contributed by atoms with Gasteiger partial charge in [-0.2, -0.15) is 11.3 Å². The number of hydrogen-bond donors (Lipinski definition) is 1. The molecule has 0 aliphatic rings. The normalized spacial score (nSPS) is 12.6. The third-order valence-electron chi connectivity index (χ3n) is 2.42. The number of nitrogens with one attached hydrogen (secondary N) is 1. The summed E-state index contributed by atoms with van der Waals surface area (Å²) in [6.07, 6.45) is 1.77. The highest BCUT2D eigenvalue weighted by Gasteiger charge is 2.20. The standard InChI is InChI=1S/C12H12BrClN2S/c1-2-15-11(8-6-17-7-9(8)13)12-10(14)4-3-5-16-12/h3-7,11,15H,2H2,1H3. The van der Waals surface area contributed by atoms with Crippen molar-refractivity contribution >= 4 is 38.9 Å². The molecule has 0 saturated carbocycles. The van der Waals surface area contributed by atoms with Crippen LogP contribution in [0.2, 0.25) is 5.02 Å². The Bertz CT molecular complexity index is 501. The summed E-state index contributed by atoms with van der Waals surface area (Å²) in [5, 5.41) is 8.28. The summed E-state index contributed by atoms with van der Waals surface area (Å²) in [6.45, 7) is 2.93. The van der Waals surface area contributed by atoms with Crippen molar-refractivity contribution in [2.45, 2.75) is 13.0 Å². The molecular formula is C12H12BrClN2S. The lowest BCUT2D eigenvalue weighted by atomic mass is 10.1. The molecule has 2 aromatic heterocycles. The topological polar surface area (TPSA) is 24.9 Å². The summed E-state index contributed by atoms with van der Waals surface area (Å²) >= 11 is 11.4. The molecule has 2 heterocycles. The average molecular weight is 332 g/mol. The minimum Gasteiger partial charge on any atom is -0.305 e. The molecule has 5 heteroatoms. The van der Waals surface area contributed by atoms with Gasteiger partial charge in [0.15, 0.2) is 0 Å². The monoisotopic (exact) mass is 330 g/mol. The van der Waals surface area contributed by atoms with Crippen LogP contribution in [-0.2, 0) is 0 Å². The molecule has 0 aliphatic carbocycles. The van der Waals surface area contributed by atoms with Gasteiger partial charge in [-0.25, -0.2) is 0 Å². The Hall–Kier alpha value is -0.420. The fraction of sp³-hybridized carbons (Fsp3) is 0.250. The molecule has 17 heavy (non-hydrogen) atoms. The lowest BCUT2D eigenvalue weighted by Crippen LogP contribution is -2.23. The smallest absolute Gasteiger partial charge is 0.0805 e. The van der Waals surface area contributed by atoms with Crippen molar-refractivity contribution in [3.63, 3.8) is 0 Å². The van der Waals surface area contributed by atoms with Crippen molar-refractivity contribution in [1.29, 1.82) is 0 Å². The van der Waals surface area contributed by atoms with Crippen molar-refractivity contribution < 1.29 is 0 Å². The third kappa shape index (κ3) is 2.88. The van der Waals surface area contributed by atoms with Gasteiger partial charge in [0.2, 0.25) is 0 Å². The van der Waals surface area contributed by atoms with Crippen molar-refractivity contribution in [3.8, 4) is 0 Å². The van der Waals surface area contributed by atoms with Crippen LogP contribution in [0.1, 0.15) is 24.2 Å². The Labute approximate surface area is 118 Å².